The molecule has 3 saturated carbocycles. The van der Waals surface area contributed by atoms with Crippen LogP contribution in [0.5, 0.6) is 0 Å². The summed E-state index contributed by atoms with van der Waals surface area (Å²) in [6.45, 7) is 1.66. The van der Waals surface area contributed by atoms with Crippen molar-refractivity contribution in [1.29, 1.82) is 0 Å². The van der Waals surface area contributed by atoms with Crippen molar-refractivity contribution in [3.05, 3.63) is 48.5 Å². The summed E-state index contributed by atoms with van der Waals surface area (Å²) in [7, 11) is 8.11. The van der Waals surface area contributed by atoms with Gasteiger partial charge in [0.15, 0.2) is 0 Å². The summed E-state index contributed by atoms with van der Waals surface area (Å²) in [6, 6.07) is 17.0. The number of carbonyl (C=O) groups excluding carboxylic acids is 2. The molecule has 0 saturated heterocycles. The van der Waals surface area contributed by atoms with Crippen molar-refractivity contribution in [1.82, 2.24) is 9.80 Å². The second kappa shape index (κ2) is 19.4. The molecule has 2 N–H and O–H groups in total. The van der Waals surface area contributed by atoms with E-state index in [1.807, 2.05) is 52.5 Å². The highest BCUT2D eigenvalue weighted by Crippen LogP contribution is 2.34. The molecule has 0 bridgehead atoms. The van der Waals surface area contributed by atoms with Crippen LogP contribution in [-0.2, 0) is 0 Å². The average molecular weight is 704 g/mol. The zero-order valence-electron chi connectivity index (χ0n) is 29.7. The molecule has 0 aromatic heterocycles. The number of benzene rings is 2. The Bertz CT molecular complexity index is 1140. The average Bonchev–Trinajstić information content (AvgIpc) is 3.08. The van der Waals surface area contributed by atoms with Crippen LogP contribution in [0.1, 0.15) is 89.9 Å². The summed E-state index contributed by atoms with van der Waals surface area (Å²) in [6.07, 6.45) is 16.2. The van der Waals surface area contributed by atoms with Gasteiger partial charge in [-0.2, -0.15) is 0 Å². The van der Waals surface area contributed by atoms with Crippen molar-refractivity contribution < 1.29 is 9.59 Å². The molecule has 0 radical (unpaired) electrons. The van der Waals surface area contributed by atoms with Crippen LogP contribution in [0.3, 0.4) is 0 Å². The van der Waals surface area contributed by atoms with Crippen molar-refractivity contribution in [2.45, 2.75) is 102 Å². The van der Waals surface area contributed by atoms with Crippen LogP contribution in [0.15, 0.2) is 48.5 Å². The van der Waals surface area contributed by atoms with Crippen LogP contribution in [0.2, 0.25) is 0 Å². The molecule has 268 valence electrons. The van der Waals surface area contributed by atoms with Gasteiger partial charge in [-0.25, -0.2) is 9.59 Å². The second-order valence-electron chi connectivity index (χ2n) is 14.5. The highest BCUT2D eigenvalue weighted by Gasteiger charge is 2.33. The van der Waals surface area contributed by atoms with Gasteiger partial charge < -0.3 is 30.2 Å². The van der Waals surface area contributed by atoms with Crippen molar-refractivity contribution in [3.63, 3.8) is 0 Å². The molecule has 4 amide bonds. The number of urea groups is 2. The minimum absolute atomic E-state index is 0. The van der Waals surface area contributed by atoms with Crippen molar-refractivity contribution in [3.8, 4) is 0 Å². The van der Waals surface area contributed by atoms with E-state index < -0.39 is 0 Å². The van der Waals surface area contributed by atoms with E-state index in [0.717, 1.165) is 87.2 Å². The predicted octanol–water partition coefficient (Wildman–Crippen LogP) is 9.50. The normalized spacial score (nSPS) is 20.0. The molecule has 0 heterocycles. The minimum atomic E-state index is 0. The van der Waals surface area contributed by atoms with E-state index in [4.69, 9.17) is 0 Å². The van der Waals surface area contributed by atoms with E-state index in [1.165, 1.54) is 38.5 Å². The van der Waals surface area contributed by atoms with E-state index in [9.17, 15) is 9.59 Å². The number of nitrogens with zero attached hydrogens (tertiary/aromatic N) is 4. The maximum Gasteiger partial charge on any atom is 0.322 e. The fourth-order valence-electron chi connectivity index (χ4n) is 7.81. The van der Waals surface area contributed by atoms with Crippen LogP contribution in [0.4, 0.5) is 32.3 Å². The summed E-state index contributed by atoms with van der Waals surface area (Å²) < 4.78 is 0. The number of halogens is 2. The van der Waals surface area contributed by atoms with E-state index in [2.05, 4.69) is 54.5 Å². The van der Waals surface area contributed by atoms with E-state index in [-0.39, 0.29) is 36.9 Å². The molecular formula is C38H60Cl2N6O2. The third-order valence-corrected chi connectivity index (χ3v) is 10.7. The summed E-state index contributed by atoms with van der Waals surface area (Å²) in [5, 5.41) is 6.44. The number of rotatable bonds is 10. The first-order valence-electron chi connectivity index (χ1n) is 18.0. The van der Waals surface area contributed by atoms with Crippen LogP contribution in [0, 0.1) is 11.8 Å². The third-order valence-electron chi connectivity index (χ3n) is 10.7. The van der Waals surface area contributed by atoms with E-state index >= 15 is 0 Å². The lowest BCUT2D eigenvalue weighted by molar-refractivity contribution is 0.117. The molecule has 3 aliphatic rings. The maximum atomic E-state index is 13.7. The molecule has 2 aromatic rings. The molecule has 0 atom stereocenters. The third kappa shape index (κ3) is 11.1. The van der Waals surface area contributed by atoms with Crippen molar-refractivity contribution in [2.75, 3.05) is 61.7 Å². The van der Waals surface area contributed by atoms with E-state index in [1.54, 1.807) is 0 Å². The molecule has 3 fully saturated rings. The largest absolute Gasteiger partial charge is 0.378 e. The SMILES string of the molecule is CN(C)c1ccc(NC(=O)N(CC2CCC(CN(C(=O)Nc3ccc(N(C)C)cc3)C3CCCCC3)CC2)C2CCCCC2)cc1.Cl.Cl. The summed E-state index contributed by atoms with van der Waals surface area (Å²) >= 11 is 0. The number of carbonyl (C=O) groups is 2. The molecule has 2 aromatic carbocycles. The first-order chi connectivity index (χ1) is 22.3. The Morgan fingerprint density at radius 1 is 0.521 bits per heavy atom. The molecule has 3 aliphatic carbocycles. The van der Waals surface area contributed by atoms with Crippen molar-refractivity contribution in [2.24, 2.45) is 11.8 Å². The molecule has 48 heavy (non-hydrogen) atoms. The standard InChI is InChI=1S/C38H58N6O2.2ClH/c1-41(2)33-23-19-31(20-24-33)39-37(45)43(35-11-7-5-8-12-35)27-29-15-17-30(18-16-29)28-44(36-13-9-6-10-14-36)38(46)40-32-21-25-34(26-22-32)42(3)4;;/h19-26,29-30,35-36H,5-18,27-28H2,1-4H3,(H,39,45)(H,40,46);2*1H. The fourth-order valence-corrected chi connectivity index (χ4v) is 7.81. The van der Waals surface area contributed by atoms with E-state index in [0.29, 0.717) is 23.9 Å². The van der Waals surface area contributed by atoms with Gasteiger partial charge in [0.1, 0.15) is 0 Å². The molecule has 10 heteroatoms. The van der Waals surface area contributed by atoms with Crippen LogP contribution < -0.4 is 20.4 Å². The van der Waals surface area contributed by atoms with Gasteiger partial charge in [0, 0.05) is 76.1 Å². The Morgan fingerprint density at radius 2 is 0.833 bits per heavy atom. The number of hydrogen-bond donors (Lipinski definition) is 2. The number of nitrogens with one attached hydrogen (secondary N) is 2. The number of anilines is 4. The van der Waals surface area contributed by atoms with Crippen LogP contribution >= 0.6 is 24.8 Å². The number of amides is 4. The van der Waals surface area contributed by atoms with Crippen LogP contribution in [-0.4, -0.2) is 75.2 Å². The molecule has 0 aliphatic heterocycles. The van der Waals surface area contributed by atoms with Gasteiger partial charge in [0.05, 0.1) is 0 Å². The first kappa shape index (κ1) is 39.6. The van der Waals surface area contributed by atoms with Gasteiger partial charge in [-0.3, -0.25) is 0 Å². The Labute approximate surface area is 302 Å². The minimum Gasteiger partial charge on any atom is -0.378 e. The Morgan fingerprint density at radius 3 is 1.12 bits per heavy atom. The smallest absolute Gasteiger partial charge is 0.322 e. The second-order valence-corrected chi connectivity index (χ2v) is 14.5. The summed E-state index contributed by atoms with van der Waals surface area (Å²) in [4.78, 5) is 35.9. The zero-order chi connectivity index (χ0) is 32.5. The lowest BCUT2D eigenvalue weighted by Crippen LogP contribution is -2.48. The summed E-state index contributed by atoms with van der Waals surface area (Å²) in [5.41, 5.74) is 3.96. The lowest BCUT2D eigenvalue weighted by Gasteiger charge is -2.40. The number of hydrogen-bond acceptors (Lipinski definition) is 4. The molecule has 8 nitrogen and oxygen atoms in total. The van der Waals surface area contributed by atoms with Gasteiger partial charge in [0.25, 0.3) is 0 Å². The Hall–Kier alpha value is -2.84. The summed E-state index contributed by atoms with van der Waals surface area (Å²) in [5.74, 6) is 1.01. The maximum absolute atomic E-state index is 13.7. The first-order valence-corrected chi connectivity index (χ1v) is 18.0. The fraction of sp³-hybridized carbons (Fsp3) is 0.632. The zero-order valence-corrected chi connectivity index (χ0v) is 31.3. The predicted molar refractivity (Wildman–Crippen MR) is 207 cm³/mol. The molecule has 0 spiro atoms. The molecule has 5 rings (SSSR count). The molecular weight excluding hydrogens is 643 g/mol. The quantitative estimate of drug-likeness (QED) is 0.259. The highest BCUT2D eigenvalue weighted by atomic mass is 35.5. The van der Waals surface area contributed by atoms with Crippen LogP contribution in [0.25, 0.3) is 0 Å². The lowest BCUT2D eigenvalue weighted by atomic mass is 9.80. The van der Waals surface area contributed by atoms with Gasteiger partial charge in [0.2, 0.25) is 0 Å². The highest BCUT2D eigenvalue weighted by molar-refractivity contribution is 5.90. The molecule has 0 unspecified atom stereocenters. The Balaban J connectivity index is 0.00000312. The van der Waals surface area contributed by atoms with Gasteiger partial charge in [-0.15, -0.1) is 24.8 Å². The topological polar surface area (TPSA) is 71.2 Å². The monoisotopic (exact) mass is 702 g/mol. The Kier molecular flexibility index (Phi) is 16.0. The van der Waals surface area contributed by atoms with Gasteiger partial charge >= 0.3 is 12.1 Å². The van der Waals surface area contributed by atoms with Gasteiger partial charge in [-0.1, -0.05) is 38.5 Å². The van der Waals surface area contributed by atoms with Gasteiger partial charge in [-0.05, 0) is 112 Å². The van der Waals surface area contributed by atoms with Crippen molar-refractivity contribution >= 4 is 59.6 Å².